The highest BCUT2D eigenvalue weighted by Crippen LogP contribution is 2.38. The first-order chi connectivity index (χ1) is 15.3. The van der Waals surface area contributed by atoms with Gasteiger partial charge < -0.3 is 15.0 Å². The summed E-state index contributed by atoms with van der Waals surface area (Å²) in [4.78, 5) is 27.3. The smallest absolute Gasteiger partial charge is 0.333 e. The maximum atomic E-state index is 12.5. The van der Waals surface area contributed by atoms with E-state index >= 15 is 0 Å². The van der Waals surface area contributed by atoms with Crippen molar-refractivity contribution >= 4 is 33.8 Å². The predicted molar refractivity (Wildman–Crippen MR) is 120 cm³/mol. The van der Waals surface area contributed by atoms with Crippen LogP contribution in [-0.2, 0) is 47.0 Å². The second-order valence-corrected chi connectivity index (χ2v) is 9.68. The van der Waals surface area contributed by atoms with Crippen LogP contribution in [0.1, 0.15) is 53.8 Å². The molecule has 4 rings (SSSR count). The van der Waals surface area contributed by atoms with E-state index in [9.17, 15) is 18.0 Å². The molecule has 2 aliphatic rings. The molecule has 0 fully saturated rings. The van der Waals surface area contributed by atoms with E-state index in [4.69, 9.17) is 5.11 Å². The molecule has 0 spiro atoms. The number of urea groups is 1. The number of hydrogen-bond acceptors (Lipinski definition) is 5. The van der Waals surface area contributed by atoms with Crippen molar-refractivity contribution in [1.82, 2.24) is 14.3 Å². The van der Waals surface area contributed by atoms with Gasteiger partial charge in [0.05, 0.1) is 5.41 Å². The first-order valence-electron chi connectivity index (χ1n) is 10.7. The van der Waals surface area contributed by atoms with Gasteiger partial charge in [-0.2, -0.15) is 0 Å². The highest BCUT2D eigenvalue weighted by atomic mass is 32.2. The summed E-state index contributed by atoms with van der Waals surface area (Å²) >= 11 is 0. The third-order valence-corrected chi connectivity index (χ3v) is 6.84. The number of anilines is 1. The Morgan fingerprint density at radius 2 is 1.81 bits per heavy atom. The van der Waals surface area contributed by atoms with E-state index in [0.29, 0.717) is 18.8 Å². The molecule has 2 amide bonds. The number of benzene rings is 1. The number of hydrogen-bond donors (Lipinski definition) is 3. The fraction of sp³-hybridized carbons (Fsp3) is 0.409. The van der Waals surface area contributed by atoms with Crippen molar-refractivity contribution in [3.63, 3.8) is 0 Å². The summed E-state index contributed by atoms with van der Waals surface area (Å²) < 4.78 is 28.6. The van der Waals surface area contributed by atoms with E-state index in [-0.39, 0.29) is 6.42 Å². The van der Waals surface area contributed by atoms with Gasteiger partial charge in [0.1, 0.15) is 5.82 Å². The van der Waals surface area contributed by atoms with Crippen LogP contribution in [-0.4, -0.2) is 35.1 Å². The molecule has 10 heteroatoms. The molecule has 0 saturated heterocycles. The molecular weight excluding hydrogens is 432 g/mol. The molecule has 1 aromatic heterocycles. The molecule has 0 bridgehead atoms. The molecule has 3 N–H and O–H groups in total. The van der Waals surface area contributed by atoms with Crippen LogP contribution in [0, 0.1) is 0 Å². The number of carbonyl (C=O) groups excluding carboxylic acids is 1. The van der Waals surface area contributed by atoms with Crippen LogP contribution in [0.3, 0.4) is 0 Å². The van der Waals surface area contributed by atoms with Crippen LogP contribution in [0.2, 0.25) is 0 Å². The van der Waals surface area contributed by atoms with E-state index in [0.717, 1.165) is 60.7 Å². The molecule has 32 heavy (non-hydrogen) atoms. The summed E-state index contributed by atoms with van der Waals surface area (Å²) in [7, 11) is -4.05. The molecular formula is C22H26N4O5S. The molecule has 1 aromatic carbocycles. The predicted octanol–water partition coefficient (Wildman–Crippen LogP) is 2.85. The largest absolute Gasteiger partial charge is 0.481 e. The molecule has 0 atom stereocenters. The zero-order valence-electron chi connectivity index (χ0n) is 17.6. The molecule has 0 unspecified atom stereocenters. The van der Waals surface area contributed by atoms with Gasteiger partial charge in [0.25, 0.3) is 10.0 Å². The minimum atomic E-state index is -4.05. The molecule has 0 aliphatic heterocycles. The second kappa shape index (κ2) is 9.15. The van der Waals surface area contributed by atoms with Gasteiger partial charge in [-0.05, 0) is 73.3 Å². The Hall–Kier alpha value is -3.14. The Balaban J connectivity index is 1.43. The van der Waals surface area contributed by atoms with Crippen molar-refractivity contribution in [3.8, 4) is 0 Å². The molecule has 170 valence electrons. The number of rotatable bonds is 8. The Morgan fingerprint density at radius 1 is 1.12 bits per heavy atom. The molecule has 0 saturated carbocycles. The van der Waals surface area contributed by atoms with E-state index < -0.39 is 22.0 Å². The normalized spacial score (nSPS) is 15.0. The van der Waals surface area contributed by atoms with Gasteiger partial charge in [0.2, 0.25) is 0 Å². The number of amides is 2. The number of aryl methyl sites for hydroxylation is 3. The van der Waals surface area contributed by atoms with Crippen molar-refractivity contribution in [3.05, 3.63) is 51.9 Å². The monoisotopic (exact) mass is 458 g/mol. The second-order valence-electron chi connectivity index (χ2n) is 8.11. The van der Waals surface area contributed by atoms with Gasteiger partial charge in [0, 0.05) is 31.0 Å². The van der Waals surface area contributed by atoms with Gasteiger partial charge in [0.15, 0.2) is 0 Å². The fourth-order valence-electron chi connectivity index (χ4n) is 4.49. The lowest BCUT2D eigenvalue weighted by Crippen LogP contribution is -2.33. The molecule has 2 aromatic rings. The number of aromatic nitrogens is 2. The van der Waals surface area contributed by atoms with Crippen molar-refractivity contribution in [2.45, 2.75) is 57.9 Å². The summed E-state index contributed by atoms with van der Waals surface area (Å²) in [6, 6.07) is 1.46. The highest BCUT2D eigenvalue weighted by Gasteiger charge is 2.25. The third kappa shape index (κ3) is 5.01. The van der Waals surface area contributed by atoms with Crippen LogP contribution in [0.15, 0.2) is 23.9 Å². The zero-order valence-corrected chi connectivity index (χ0v) is 18.5. The number of nitrogens with zero attached hydrogens (tertiary/aromatic N) is 2. The summed E-state index contributed by atoms with van der Waals surface area (Å²) in [5, 5.41) is 12.4. The summed E-state index contributed by atoms with van der Waals surface area (Å²) in [6.07, 6.45) is 10.6. The minimum Gasteiger partial charge on any atom is -0.481 e. The van der Waals surface area contributed by atoms with Crippen molar-refractivity contribution in [2.75, 3.05) is 5.32 Å². The van der Waals surface area contributed by atoms with Gasteiger partial charge in [-0.25, -0.2) is 22.9 Å². The highest BCUT2D eigenvalue weighted by molar-refractivity contribution is 7.93. The minimum absolute atomic E-state index is 0.00819. The SMILES string of the molecule is O=C(O)CCCn1ccnc1/C=C/S(=O)(=O)NC(=O)Nc1c2c(cc3c1CCC3)CCC2. The Labute approximate surface area is 186 Å². The van der Waals surface area contributed by atoms with E-state index in [1.165, 1.54) is 23.4 Å². The molecule has 2 aliphatic carbocycles. The fourth-order valence-corrected chi connectivity index (χ4v) is 5.17. The molecule has 1 heterocycles. The van der Waals surface area contributed by atoms with Gasteiger partial charge >= 0.3 is 12.0 Å². The average molecular weight is 459 g/mol. The van der Waals surface area contributed by atoms with Gasteiger partial charge in [-0.1, -0.05) is 6.07 Å². The van der Waals surface area contributed by atoms with Crippen molar-refractivity contribution in [2.24, 2.45) is 0 Å². The standard InChI is InChI=1S/C22H26N4O5S/c27-20(28)8-3-11-26-12-10-23-19(26)9-13-32(30,31)25-22(29)24-21-17-6-1-4-15(17)14-16-5-2-7-18(16)21/h9-10,12-14H,1-8,11H2,(H,27,28)(H2,24,25,29)/b13-9+. The summed E-state index contributed by atoms with van der Waals surface area (Å²) in [5.74, 6) is -0.533. The molecule has 9 nitrogen and oxygen atoms in total. The van der Waals surface area contributed by atoms with Gasteiger partial charge in [-0.3, -0.25) is 4.79 Å². The third-order valence-electron chi connectivity index (χ3n) is 5.88. The number of fused-ring (bicyclic) bond motifs is 2. The van der Waals surface area contributed by atoms with E-state index in [1.807, 2.05) is 4.72 Å². The Bertz CT molecular complexity index is 1150. The Morgan fingerprint density at radius 3 is 2.47 bits per heavy atom. The maximum Gasteiger partial charge on any atom is 0.333 e. The van der Waals surface area contributed by atoms with E-state index in [1.54, 1.807) is 10.8 Å². The quantitative estimate of drug-likeness (QED) is 0.558. The first-order valence-corrected chi connectivity index (χ1v) is 12.3. The first kappa shape index (κ1) is 22.1. The van der Waals surface area contributed by atoms with Crippen LogP contribution in [0.5, 0.6) is 0 Å². The van der Waals surface area contributed by atoms with Crippen molar-refractivity contribution < 1.29 is 23.1 Å². The number of sulfonamides is 1. The lowest BCUT2D eigenvalue weighted by Gasteiger charge is -2.16. The summed E-state index contributed by atoms with van der Waals surface area (Å²) in [5.41, 5.74) is 5.52. The maximum absolute atomic E-state index is 12.5. The zero-order chi connectivity index (χ0) is 22.7. The number of imidazole rings is 1. The number of carbonyl (C=O) groups is 2. The van der Waals surface area contributed by atoms with Crippen LogP contribution < -0.4 is 10.0 Å². The average Bonchev–Trinajstić information content (AvgIpc) is 3.46. The van der Waals surface area contributed by atoms with Crippen LogP contribution in [0.25, 0.3) is 6.08 Å². The number of carboxylic acids is 1. The topological polar surface area (TPSA) is 130 Å². The Kier molecular flexibility index (Phi) is 6.31. The molecule has 0 radical (unpaired) electrons. The van der Waals surface area contributed by atoms with Crippen molar-refractivity contribution in [1.29, 1.82) is 0 Å². The van der Waals surface area contributed by atoms with E-state index in [2.05, 4.69) is 16.4 Å². The van der Waals surface area contributed by atoms with Crippen LogP contribution >= 0.6 is 0 Å². The van der Waals surface area contributed by atoms with Crippen LogP contribution in [0.4, 0.5) is 10.5 Å². The lowest BCUT2D eigenvalue weighted by molar-refractivity contribution is -0.137. The summed E-state index contributed by atoms with van der Waals surface area (Å²) in [6.45, 7) is 0.393. The number of aliphatic carboxylic acids is 1. The number of carboxylic acid groups (broad SMARTS) is 1. The lowest BCUT2D eigenvalue weighted by atomic mass is 9.99. The van der Waals surface area contributed by atoms with Gasteiger partial charge in [-0.15, -0.1) is 0 Å². The number of nitrogens with one attached hydrogen (secondary N) is 2.